The molecule has 1 aromatic carbocycles. The molecule has 1 aliphatic heterocycles. The molecule has 2 nitrogen and oxygen atoms in total. The molecule has 1 aliphatic rings. The van der Waals surface area contributed by atoms with Crippen molar-refractivity contribution in [1.82, 2.24) is 10.2 Å². The van der Waals surface area contributed by atoms with Crippen molar-refractivity contribution in [2.45, 2.75) is 25.8 Å². The van der Waals surface area contributed by atoms with Gasteiger partial charge in [-0.05, 0) is 57.5 Å². The van der Waals surface area contributed by atoms with E-state index >= 15 is 0 Å². The van der Waals surface area contributed by atoms with Gasteiger partial charge >= 0.3 is 0 Å². The molecule has 0 bridgehead atoms. The van der Waals surface area contributed by atoms with Crippen LogP contribution in [0.3, 0.4) is 0 Å². The van der Waals surface area contributed by atoms with Crippen molar-refractivity contribution >= 4 is 34.8 Å². The van der Waals surface area contributed by atoms with Crippen molar-refractivity contribution in [2.24, 2.45) is 5.92 Å². The third-order valence-electron chi connectivity index (χ3n) is 3.97. The van der Waals surface area contributed by atoms with Gasteiger partial charge in [0, 0.05) is 12.6 Å². The highest BCUT2D eigenvalue weighted by Crippen LogP contribution is 2.35. The van der Waals surface area contributed by atoms with E-state index in [2.05, 4.69) is 24.2 Å². The Morgan fingerprint density at radius 1 is 1.30 bits per heavy atom. The molecule has 1 heterocycles. The number of piperidine rings is 1. The second kappa shape index (κ2) is 7.33. The number of nitrogens with zero attached hydrogens (tertiary/aromatic N) is 1. The van der Waals surface area contributed by atoms with E-state index in [4.69, 9.17) is 34.8 Å². The number of benzene rings is 1. The fourth-order valence-corrected chi connectivity index (χ4v) is 3.47. The molecule has 0 spiro atoms. The van der Waals surface area contributed by atoms with Crippen LogP contribution < -0.4 is 5.32 Å². The number of likely N-dealkylation sites (tertiary alicyclic amines) is 1. The zero-order valence-corrected chi connectivity index (χ0v) is 14.2. The molecule has 0 radical (unpaired) electrons. The van der Waals surface area contributed by atoms with Crippen LogP contribution in [-0.2, 0) is 0 Å². The maximum Gasteiger partial charge on any atom is 0.0781 e. The lowest BCUT2D eigenvalue weighted by atomic mass is 9.97. The zero-order valence-electron chi connectivity index (χ0n) is 11.9. The van der Waals surface area contributed by atoms with E-state index < -0.39 is 0 Å². The lowest BCUT2D eigenvalue weighted by molar-refractivity contribution is 0.203. The van der Waals surface area contributed by atoms with E-state index in [1.165, 1.54) is 19.4 Å². The van der Waals surface area contributed by atoms with Gasteiger partial charge in [0.15, 0.2) is 0 Å². The van der Waals surface area contributed by atoms with Gasteiger partial charge in [0.1, 0.15) is 0 Å². The van der Waals surface area contributed by atoms with Crippen LogP contribution in [0.2, 0.25) is 15.1 Å². The average Bonchev–Trinajstić information content (AvgIpc) is 2.42. The fraction of sp³-hybridized carbons (Fsp3) is 0.600. The van der Waals surface area contributed by atoms with Crippen molar-refractivity contribution < 1.29 is 0 Å². The quantitative estimate of drug-likeness (QED) is 0.806. The predicted octanol–water partition coefficient (Wildman–Crippen LogP) is 4.64. The number of hydrogen-bond donors (Lipinski definition) is 1. The van der Waals surface area contributed by atoms with E-state index in [1.54, 1.807) is 6.07 Å². The molecule has 1 N–H and O–H groups in total. The van der Waals surface area contributed by atoms with Crippen molar-refractivity contribution in [3.8, 4) is 0 Å². The summed E-state index contributed by atoms with van der Waals surface area (Å²) in [5.41, 5.74) is 1.00. The summed E-state index contributed by atoms with van der Waals surface area (Å²) >= 11 is 18.3. The first kappa shape index (κ1) is 16.4. The summed E-state index contributed by atoms with van der Waals surface area (Å²) in [7, 11) is 2.19. The Morgan fingerprint density at radius 2 is 2.05 bits per heavy atom. The predicted molar refractivity (Wildman–Crippen MR) is 88.1 cm³/mol. The van der Waals surface area contributed by atoms with Crippen molar-refractivity contribution in [3.63, 3.8) is 0 Å². The minimum atomic E-state index is 0.171. The summed E-state index contributed by atoms with van der Waals surface area (Å²) in [6.07, 6.45) is 2.57. The topological polar surface area (TPSA) is 15.3 Å². The minimum absolute atomic E-state index is 0.171. The van der Waals surface area contributed by atoms with E-state index in [0.29, 0.717) is 21.0 Å². The van der Waals surface area contributed by atoms with Gasteiger partial charge in [0.2, 0.25) is 0 Å². The largest absolute Gasteiger partial charge is 0.310 e. The maximum atomic E-state index is 6.27. The SMILES string of the molecule is CC(NCC1CCCN(C)C1)c1ccc(Cl)c(Cl)c1Cl. The highest BCUT2D eigenvalue weighted by Gasteiger charge is 2.19. The second-order valence-corrected chi connectivity index (χ2v) is 6.83. The summed E-state index contributed by atoms with van der Waals surface area (Å²) in [6, 6.07) is 3.92. The van der Waals surface area contributed by atoms with Crippen molar-refractivity contribution in [1.29, 1.82) is 0 Å². The lowest BCUT2D eigenvalue weighted by Gasteiger charge is -2.30. The molecule has 0 aromatic heterocycles. The molecule has 0 aliphatic carbocycles. The summed E-state index contributed by atoms with van der Waals surface area (Å²) in [5, 5.41) is 5.06. The Kier molecular flexibility index (Phi) is 6.00. The molecule has 2 atom stereocenters. The molecule has 0 amide bonds. The summed E-state index contributed by atoms with van der Waals surface area (Å²) in [5.74, 6) is 0.706. The lowest BCUT2D eigenvalue weighted by Crippen LogP contribution is -2.38. The van der Waals surface area contributed by atoms with E-state index in [9.17, 15) is 0 Å². The summed E-state index contributed by atoms with van der Waals surface area (Å²) in [6.45, 7) is 5.49. The Bertz CT molecular complexity index is 465. The number of halogens is 3. The van der Waals surface area contributed by atoms with Crippen LogP contribution in [0.4, 0.5) is 0 Å². The highest BCUT2D eigenvalue weighted by molar-refractivity contribution is 6.48. The van der Waals surface area contributed by atoms with E-state index in [-0.39, 0.29) is 6.04 Å². The molecular weight excluding hydrogens is 315 g/mol. The number of rotatable bonds is 4. The van der Waals surface area contributed by atoms with Crippen molar-refractivity contribution in [2.75, 3.05) is 26.7 Å². The Morgan fingerprint density at radius 3 is 2.75 bits per heavy atom. The molecule has 1 saturated heterocycles. The second-order valence-electron chi connectivity index (χ2n) is 5.67. The average molecular weight is 336 g/mol. The maximum absolute atomic E-state index is 6.27. The molecule has 0 saturated carbocycles. The Labute approximate surface area is 136 Å². The van der Waals surface area contributed by atoms with Crippen LogP contribution in [-0.4, -0.2) is 31.6 Å². The molecule has 20 heavy (non-hydrogen) atoms. The van der Waals surface area contributed by atoms with E-state index in [0.717, 1.165) is 18.7 Å². The first-order valence-electron chi connectivity index (χ1n) is 7.04. The molecule has 1 aromatic rings. The van der Waals surface area contributed by atoms with Gasteiger partial charge in [-0.15, -0.1) is 0 Å². The molecule has 112 valence electrons. The van der Waals surface area contributed by atoms with Crippen LogP contribution in [0.5, 0.6) is 0 Å². The van der Waals surface area contributed by atoms with Gasteiger partial charge in [0.25, 0.3) is 0 Å². The van der Waals surface area contributed by atoms with Crippen LogP contribution in [0.25, 0.3) is 0 Å². The smallest absolute Gasteiger partial charge is 0.0781 e. The summed E-state index contributed by atoms with van der Waals surface area (Å²) < 4.78 is 0. The summed E-state index contributed by atoms with van der Waals surface area (Å²) in [4.78, 5) is 2.40. The zero-order chi connectivity index (χ0) is 14.7. The van der Waals surface area contributed by atoms with E-state index in [1.807, 2.05) is 6.07 Å². The fourth-order valence-electron chi connectivity index (χ4n) is 2.77. The molecule has 2 rings (SSSR count). The van der Waals surface area contributed by atoms with Crippen LogP contribution in [0, 0.1) is 5.92 Å². The normalized spacial score (nSPS) is 21.9. The standard InChI is InChI=1S/C15H21Cl3N2/c1-10(12-5-6-13(16)15(18)14(12)17)19-8-11-4-3-7-20(2)9-11/h5-6,10-11,19H,3-4,7-9H2,1-2H3. The van der Waals surface area contributed by atoms with Gasteiger partial charge in [-0.3, -0.25) is 0 Å². The van der Waals surface area contributed by atoms with Crippen molar-refractivity contribution in [3.05, 3.63) is 32.8 Å². The van der Waals surface area contributed by atoms with Gasteiger partial charge in [-0.2, -0.15) is 0 Å². The molecule has 5 heteroatoms. The number of nitrogens with one attached hydrogen (secondary N) is 1. The Hall–Kier alpha value is 0.01000. The van der Waals surface area contributed by atoms with Gasteiger partial charge in [-0.25, -0.2) is 0 Å². The Balaban J connectivity index is 1.95. The van der Waals surface area contributed by atoms with Crippen LogP contribution in [0.1, 0.15) is 31.4 Å². The monoisotopic (exact) mass is 334 g/mol. The molecule has 1 fully saturated rings. The highest BCUT2D eigenvalue weighted by atomic mass is 35.5. The van der Waals surface area contributed by atoms with Gasteiger partial charge in [0.05, 0.1) is 15.1 Å². The van der Waals surface area contributed by atoms with Gasteiger partial charge < -0.3 is 10.2 Å². The first-order valence-corrected chi connectivity index (χ1v) is 8.17. The third-order valence-corrected chi connectivity index (χ3v) is 5.27. The third kappa shape index (κ3) is 4.02. The first-order chi connectivity index (χ1) is 9.49. The minimum Gasteiger partial charge on any atom is -0.310 e. The van der Waals surface area contributed by atoms with Gasteiger partial charge in [-0.1, -0.05) is 40.9 Å². The van der Waals surface area contributed by atoms with Crippen LogP contribution in [0.15, 0.2) is 12.1 Å². The molecular formula is C15H21Cl3N2. The molecule has 2 unspecified atom stereocenters. The number of hydrogen-bond acceptors (Lipinski definition) is 2. The van der Waals surface area contributed by atoms with Crippen LogP contribution >= 0.6 is 34.8 Å².